The van der Waals surface area contributed by atoms with Gasteiger partial charge < -0.3 is 20.5 Å². The predicted molar refractivity (Wildman–Crippen MR) is 127 cm³/mol. The van der Waals surface area contributed by atoms with Crippen LogP contribution in [0, 0.1) is 5.92 Å². The third-order valence-electron chi connectivity index (χ3n) is 6.30. The minimum atomic E-state index is -0.977. The Morgan fingerprint density at radius 2 is 1.67 bits per heavy atom. The highest BCUT2D eigenvalue weighted by Gasteiger charge is 2.33. The Labute approximate surface area is 197 Å². The van der Waals surface area contributed by atoms with Crippen LogP contribution in [0.25, 0.3) is 11.1 Å². The molecular weight excluding hydrogens is 440 g/mol. The third-order valence-corrected chi connectivity index (χ3v) is 7.26. The lowest BCUT2D eigenvalue weighted by Gasteiger charge is -2.31. The van der Waals surface area contributed by atoms with Crippen LogP contribution in [0.15, 0.2) is 48.5 Å². The van der Waals surface area contributed by atoms with Gasteiger partial charge in [-0.25, -0.2) is 9.59 Å². The molecule has 1 fully saturated rings. The van der Waals surface area contributed by atoms with E-state index in [0.717, 1.165) is 30.4 Å². The van der Waals surface area contributed by atoms with Gasteiger partial charge in [0.2, 0.25) is 5.91 Å². The van der Waals surface area contributed by atoms with E-state index >= 15 is 0 Å². The van der Waals surface area contributed by atoms with Gasteiger partial charge in [0, 0.05) is 18.2 Å². The molecule has 2 aromatic rings. The van der Waals surface area contributed by atoms with Gasteiger partial charge >= 0.3 is 12.1 Å². The second-order valence-corrected chi connectivity index (χ2v) is 9.48. The Balaban J connectivity index is 1.16. The van der Waals surface area contributed by atoms with Crippen molar-refractivity contribution in [3.05, 3.63) is 59.7 Å². The number of rotatable bonds is 10. The molecule has 3 N–H and O–H groups in total. The molecule has 1 atom stereocenters. The molecule has 0 radical (unpaired) electrons. The fourth-order valence-electron chi connectivity index (χ4n) is 4.41. The topological polar surface area (TPSA) is 105 Å². The minimum Gasteiger partial charge on any atom is -0.480 e. The van der Waals surface area contributed by atoms with E-state index < -0.39 is 18.1 Å². The van der Waals surface area contributed by atoms with Gasteiger partial charge in [0.25, 0.3) is 0 Å². The highest BCUT2D eigenvalue weighted by atomic mass is 32.2. The van der Waals surface area contributed by atoms with Crippen LogP contribution in [0.4, 0.5) is 4.79 Å². The summed E-state index contributed by atoms with van der Waals surface area (Å²) in [6, 6.07) is 15.5. The molecule has 1 unspecified atom stereocenters. The Morgan fingerprint density at radius 1 is 1.03 bits per heavy atom. The third kappa shape index (κ3) is 5.50. The molecule has 33 heavy (non-hydrogen) atoms. The Morgan fingerprint density at radius 3 is 2.24 bits per heavy atom. The molecule has 0 aromatic heterocycles. The molecule has 4 rings (SSSR count). The molecule has 174 valence electrons. The average Bonchev–Trinajstić information content (AvgIpc) is 3.09. The Hall–Kier alpha value is -3.00. The summed E-state index contributed by atoms with van der Waals surface area (Å²) >= 11 is 1.34. The number of nitrogens with one attached hydrogen (secondary N) is 2. The summed E-state index contributed by atoms with van der Waals surface area (Å²) in [7, 11) is 0. The molecule has 0 saturated heterocycles. The predicted octanol–water partition coefficient (Wildman–Crippen LogP) is 3.63. The summed E-state index contributed by atoms with van der Waals surface area (Å²) in [6.07, 6.45) is 2.21. The van der Waals surface area contributed by atoms with E-state index in [2.05, 4.69) is 34.9 Å². The number of carbonyl (C=O) groups excluding carboxylic acids is 2. The monoisotopic (exact) mass is 468 g/mol. The van der Waals surface area contributed by atoms with Crippen molar-refractivity contribution in [3.63, 3.8) is 0 Å². The molecule has 8 heteroatoms. The molecule has 1 saturated carbocycles. The number of amides is 2. The number of carboxylic acid groups (broad SMARTS) is 1. The lowest BCUT2D eigenvalue weighted by atomic mass is 9.79. The highest BCUT2D eigenvalue weighted by Crippen LogP contribution is 2.44. The maximum atomic E-state index is 12.2. The van der Waals surface area contributed by atoms with E-state index in [1.54, 1.807) is 0 Å². The van der Waals surface area contributed by atoms with Crippen molar-refractivity contribution in [2.75, 3.05) is 24.7 Å². The molecule has 2 aromatic carbocycles. The van der Waals surface area contributed by atoms with Gasteiger partial charge in [-0.15, -0.1) is 0 Å². The van der Waals surface area contributed by atoms with Gasteiger partial charge in [-0.05, 0) is 41.0 Å². The molecule has 2 amide bonds. The van der Waals surface area contributed by atoms with Crippen molar-refractivity contribution in [3.8, 4) is 11.1 Å². The molecule has 0 spiro atoms. The first-order chi connectivity index (χ1) is 16.0. The number of carbonyl (C=O) groups is 3. The second-order valence-electron chi connectivity index (χ2n) is 8.38. The number of hydrogen-bond acceptors (Lipinski definition) is 5. The van der Waals surface area contributed by atoms with Gasteiger partial charge in [0.05, 0.1) is 5.75 Å². The summed E-state index contributed by atoms with van der Waals surface area (Å²) in [4.78, 5) is 35.5. The number of fused-ring (bicyclic) bond motifs is 3. The van der Waals surface area contributed by atoms with Gasteiger partial charge in [0.15, 0.2) is 0 Å². The van der Waals surface area contributed by atoms with Crippen LogP contribution in [0.1, 0.15) is 36.3 Å². The maximum absolute atomic E-state index is 12.2. The zero-order valence-electron chi connectivity index (χ0n) is 18.3. The van der Waals surface area contributed by atoms with Crippen LogP contribution < -0.4 is 10.6 Å². The minimum absolute atomic E-state index is 0.0130. The SMILES string of the molecule is O=C(CSCCNC(=O)OCC1c2ccccc2-c2ccccc21)NC(C(=O)O)C1CCC1. The molecule has 7 nitrogen and oxygen atoms in total. The van der Waals surface area contributed by atoms with E-state index in [4.69, 9.17) is 4.74 Å². The number of ether oxygens (including phenoxy) is 1. The fourth-order valence-corrected chi connectivity index (χ4v) is 5.07. The number of alkyl carbamates (subject to hydrolysis) is 1. The van der Waals surface area contributed by atoms with Crippen molar-refractivity contribution in [1.29, 1.82) is 0 Å². The van der Waals surface area contributed by atoms with E-state index in [9.17, 15) is 19.5 Å². The molecule has 0 bridgehead atoms. The number of thioether (sulfide) groups is 1. The largest absolute Gasteiger partial charge is 0.480 e. The first kappa shape index (κ1) is 23.2. The summed E-state index contributed by atoms with van der Waals surface area (Å²) < 4.78 is 5.49. The van der Waals surface area contributed by atoms with Crippen LogP contribution >= 0.6 is 11.8 Å². The van der Waals surface area contributed by atoms with E-state index in [0.29, 0.717) is 12.3 Å². The molecular formula is C25H28N2O5S. The van der Waals surface area contributed by atoms with Gasteiger partial charge in [-0.3, -0.25) is 4.79 Å². The smallest absolute Gasteiger partial charge is 0.407 e. The van der Waals surface area contributed by atoms with Crippen molar-refractivity contribution in [2.45, 2.75) is 31.2 Å². The lowest BCUT2D eigenvalue weighted by molar-refractivity contribution is -0.144. The standard InChI is InChI=1S/C25H28N2O5S/c28-22(27-23(24(29)30)16-6-5-7-16)15-33-13-12-26-25(31)32-14-21-19-10-3-1-8-17(19)18-9-2-4-11-20(18)21/h1-4,8-11,16,21,23H,5-7,12-15H2,(H,26,31)(H,27,28)(H,29,30). The van der Waals surface area contributed by atoms with Gasteiger partial charge in [-0.2, -0.15) is 11.8 Å². The van der Waals surface area contributed by atoms with E-state index in [1.165, 1.54) is 22.9 Å². The second kappa shape index (κ2) is 10.7. The average molecular weight is 469 g/mol. The summed E-state index contributed by atoms with van der Waals surface area (Å²) in [5, 5.41) is 14.6. The van der Waals surface area contributed by atoms with Crippen LogP contribution in [0.5, 0.6) is 0 Å². The van der Waals surface area contributed by atoms with Gasteiger partial charge in [-0.1, -0.05) is 55.0 Å². The summed E-state index contributed by atoms with van der Waals surface area (Å²) in [6.45, 7) is 0.618. The first-order valence-electron chi connectivity index (χ1n) is 11.2. The molecule has 0 heterocycles. The number of hydrogen-bond donors (Lipinski definition) is 3. The number of benzene rings is 2. The number of aliphatic carboxylic acids is 1. The van der Waals surface area contributed by atoms with Crippen molar-refractivity contribution < 1.29 is 24.2 Å². The zero-order chi connectivity index (χ0) is 23.2. The van der Waals surface area contributed by atoms with Crippen molar-refractivity contribution in [2.24, 2.45) is 5.92 Å². The summed E-state index contributed by atoms with van der Waals surface area (Å²) in [5.74, 6) is -0.539. The Bertz CT molecular complexity index is 978. The van der Waals surface area contributed by atoms with E-state index in [-0.39, 0.29) is 30.1 Å². The highest BCUT2D eigenvalue weighted by molar-refractivity contribution is 7.99. The zero-order valence-corrected chi connectivity index (χ0v) is 19.1. The fraction of sp³-hybridized carbons (Fsp3) is 0.400. The van der Waals surface area contributed by atoms with Crippen molar-refractivity contribution >= 4 is 29.7 Å². The Kier molecular flexibility index (Phi) is 7.54. The van der Waals surface area contributed by atoms with Gasteiger partial charge in [0.1, 0.15) is 12.6 Å². The summed E-state index contributed by atoms with van der Waals surface area (Å²) in [5.41, 5.74) is 4.68. The lowest BCUT2D eigenvalue weighted by Crippen LogP contribution is -2.48. The van der Waals surface area contributed by atoms with E-state index in [1.807, 2.05) is 24.3 Å². The van der Waals surface area contributed by atoms with Crippen LogP contribution in [0.3, 0.4) is 0 Å². The van der Waals surface area contributed by atoms with Crippen LogP contribution in [0.2, 0.25) is 0 Å². The van der Waals surface area contributed by atoms with Crippen LogP contribution in [-0.4, -0.2) is 53.8 Å². The molecule has 2 aliphatic carbocycles. The first-order valence-corrected chi connectivity index (χ1v) is 12.4. The molecule has 0 aliphatic heterocycles. The normalized spacial score (nSPS) is 15.6. The van der Waals surface area contributed by atoms with Crippen molar-refractivity contribution in [1.82, 2.24) is 10.6 Å². The molecule has 2 aliphatic rings. The van der Waals surface area contributed by atoms with Crippen LogP contribution in [-0.2, 0) is 14.3 Å². The maximum Gasteiger partial charge on any atom is 0.407 e. The number of carboxylic acids is 1. The quantitative estimate of drug-likeness (QED) is 0.460.